The van der Waals surface area contributed by atoms with Gasteiger partial charge in [0, 0.05) is 0 Å². The molecule has 0 unspecified atom stereocenters. The van der Waals surface area contributed by atoms with Gasteiger partial charge >= 0.3 is 5.97 Å². The quantitative estimate of drug-likeness (QED) is 0.744. The zero-order chi connectivity index (χ0) is 12.4. The van der Waals surface area contributed by atoms with E-state index < -0.39 is 0 Å². The van der Waals surface area contributed by atoms with Gasteiger partial charge in [0.2, 0.25) is 0 Å². The van der Waals surface area contributed by atoms with Crippen LogP contribution in [0, 0.1) is 6.92 Å². The van der Waals surface area contributed by atoms with Gasteiger partial charge in [0.05, 0.1) is 19.8 Å². The summed E-state index contributed by atoms with van der Waals surface area (Å²) in [6.45, 7) is 1.90. The number of hydrogen-bond donors (Lipinski definition) is 0. The van der Waals surface area contributed by atoms with Crippen molar-refractivity contribution in [1.29, 1.82) is 0 Å². The molecule has 0 heterocycles. The van der Waals surface area contributed by atoms with Crippen molar-refractivity contribution in [2.75, 3.05) is 14.2 Å². The van der Waals surface area contributed by atoms with E-state index in [9.17, 15) is 4.79 Å². The first kappa shape index (κ1) is 11.5. The molecule has 0 fully saturated rings. The van der Waals surface area contributed by atoms with Crippen LogP contribution >= 0.6 is 0 Å². The maximum atomic E-state index is 11.7. The second-order valence-corrected chi connectivity index (χ2v) is 3.84. The predicted molar refractivity (Wildman–Crippen MR) is 66.6 cm³/mol. The molecule has 0 bridgehead atoms. The predicted octanol–water partition coefficient (Wildman–Crippen LogP) is 2.94. The Kier molecular flexibility index (Phi) is 3.00. The van der Waals surface area contributed by atoms with E-state index in [0.29, 0.717) is 5.56 Å². The third-order valence-corrected chi connectivity index (χ3v) is 2.82. The van der Waals surface area contributed by atoms with Crippen LogP contribution in [0.1, 0.15) is 15.9 Å². The molecule has 88 valence electrons. The van der Waals surface area contributed by atoms with E-state index in [4.69, 9.17) is 9.47 Å². The molecule has 0 amide bonds. The summed E-state index contributed by atoms with van der Waals surface area (Å²) in [6.07, 6.45) is 0. The monoisotopic (exact) mass is 230 g/mol. The summed E-state index contributed by atoms with van der Waals surface area (Å²) in [7, 11) is 3.01. The number of carbonyl (C=O) groups is 1. The van der Waals surface area contributed by atoms with E-state index in [1.165, 1.54) is 7.11 Å². The summed E-state index contributed by atoms with van der Waals surface area (Å²) in [5, 5.41) is 1.85. The molecule has 17 heavy (non-hydrogen) atoms. The Morgan fingerprint density at radius 1 is 1.12 bits per heavy atom. The highest BCUT2D eigenvalue weighted by Crippen LogP contribution is 2.26. The fourth-order valence-corrected chi connectivity index (χ4v) is 1.92. The van der Waals surface area contributed by atoms with Crippen molar-refractivity contribution in [2.24, 2.45) is 0 Å². The lowest BCUT2D eigenvalue weighted by Crippen LogP contribution is -2.04. The van der Waals surface area contributed by atoms with Gasteiger partial charge in [0.25, 0.3) is 0 Å². The third kappa shape index (κ3) is 1.96. The van der Waals surface area contributed by atoms with Gasteiger partial charge in [0.15, 0.2) is 0 Å². The highest BCUT2D eigenvalue weighted by atomic mass is 16.5. The number of hydrogen-bond acceptors (Lipinski definition) is 3. The van der Waals surface area contributed by atoms with Crippen molar-refractivity contribution in [3.8, 4) is 5.75 Å². The lowest BCUT2D eigenvalue weighted by atomic mass is 9.99. The smallest absolute Gasteiger partial charge is 0.338 e. The molecule has 2 rings (SSSR count). The summed E-state index contributed by atoms with van der Waals surface area (Å²) >= 11 is 0. The summed E-state index contributed by atoms with van der Waals surface area (Å²) in [4.78, 5) is 11.7. The first-order valence-electron chi connectivity index (χ1n) is 5.33. The zero-order valence-corrected chi connectivity index (χ0v) is 10.1. The van der Waals surface area contributed by atoms with Crippen molar-refractivity contribution >= 4 is 16.7 Å². The van der Waals surface area contributed by atoms with Crippen molar-refractivity contribution < 1.29 is 14.3 Å². The Bertz CT molecular complexity index is 573. The SMILES string of the molecule is COC(=O)c1c(C)ccc2cc(OC)ccc12. The molecular formula is C14H14O3. The molecule has 0 saturated carbocycles. The Morgan fingerprint density at radius 3 is 2.53 bits per heavy atom. The van der Waals surface area contributed by atoms with Gasteiger partial charge < -0.3 is 9.47 Å². The maximum absolute atomic E-state index is 11.7. The topological polar surface area (TPSA) is 35.5 Å². The van der Waals surface area contributed by atoms with E-state index in [-0.39, 0.29) is 5.97 Å². The molecule has 0 aliphatic heterocycles. The van der Waals surface area contributed by atoms with Crippen LogP contribution in [-0.2, 0) is 4.74 Å². The molecule has 0 saturated heterocycles. The highest BCUT2D eigenvalue weighted by Gasteiger charge is 2.13. The largest absolute Gasteiger partial charge is 0.497 e. The molecule has 2 aromatic carbocycles. The third-order valence-electron chi connectivity index (χ3n) is 2.82. The number of rotatable bonds is 2. The lowest BCUT2D eigenvalue weighted by molar-refractivity contribution is 0.0602. The molecular weight excluding hydrogens is 216 g/mol. The number of benzene rings is 2. The normalized spacial score (nSPS) is 10.3. The van der Waals surface area contributed by atoms with Gasteiger partial charge in [-0.1, -0.05) is 12.1 Å². The number of aryl methyl sites for hydroxylation is 1. The Morgan fingerprint density at radius 2 is 1.88 bits per heavy atom. The average molecular weight is 230 g/mol. The van der Waals surface area contributed by atoms with Crippen LogP contribution < -0.4 is 4.74 Å². The van der Waals surface area contributed by atoms with Crippen molar-refractivity contribution in [3.63, 3.8) is 0 Å². The van der Waals surface area contributed by atoms with E-state index in [1.807, 2.05) is 37.3 Å². The molecule has 3 heteroatoms. The standard InChI is InChI=1S/C14H14O3/c1-9-4-5-10-8-11(16-2)6-7-12(10)13(9)14(15)17-3/h4-8H,1-3H3. The van der Waals surface area contributed by atoms with Gasteiger partial charge in [-0.2, -0.15) is 0 Å². The van der Waals surface area contributed by atoms with Crippen LogP contribution in [0.15, 0.2) is 30.3 Å². The first-order valence-corrected chi connectivity index (χ1v) is 5.33. The van der Waals surface area contributed by atoms with Crippen molar-refractivity contribution in [1.82, 2.24) is 0 Å². The average Bonchev–Trinajstić information content (AvgIpc) is 2.37. The second-order valence-electron chi connectivity index (χ2n) is 3.84. The molecule has 0 atom stereocenters. The number of ether oxygens (including phenoxy) is 2. The van der Waals surface area contributed by atoms with Gasteiger partial charge in [0.1, 0.15) is 5.75 Å². The maximum Gasteiger partial charge on any atom is 0.338 e. The number of esters is 1. The minimum atomic E-state index is -0.307. The Balaban J connectivity index is 2.73. The number of methoxy groups -OCH3 is 2. The summed E-state index contributed by atoms with van der Waals surface area (Å²) < 4.78 is 9.97. The Labute approximate surface area is 100.0 Å². The summed E-state index contributed by atoms with van der Waals surface area (Å²) in [6, 6.07) is 9.51. The molecule has 0 N–H and O–H groups in total. The van der Waals surface area contributed by atoms with Gasteiger partial charge in [-0.25, -0.2) is 4.79 Å². The zero-order valence-electron chi connectivity index (χ0n) is 10.1. The van der Waals surface area contributed by atoms with Crippen LogP contribution in [-0.4, -0.2) is 20.2 Å². The van der Waals surface area contributed by atoms with Gasteiger partial charge in [-0.3, -0.25) is 0 Å². The van der Waals surface area contributed by atoms with E-state index in [2.05, 4.69) is 0 Å². The van der Waals surface area contributed by atoms with E-state index >= 15 is 0 Å². The van der Waals surface area contributed by atoms with Crippen molar-refractivity contribution in [2.45, 2.75) is 6.92 Å². The van der Waals surface area contributed by atoms with Crippen LogP contribution in [0.2, 0.25) is 0 Å². The fraction of sp³-hybridized carbons (Fsp3) is 0.214. The molecule has 3 nitrogen and oxygen atoms in total. The first-order chi connectivity index (χ1) is 8.17. The lowest BCUT2D eigenvalue weighted by Gasteiger charge is -2.09. The number of carbonyl (C=O) groups excluding carboxylic acids is 1. The van der Waals surface area contributed by atoms with E-state index in [1.54, 1.807) is 7.11 Å². The van der Waals surface area contributed by atoms with Gasteiger partial charge in [-0.15, -0.1) is 0 Å². The Hall–Kier alpha value is -2.03. The number of fused-ring (bicyclic) bond motifs is 1. The summed E-state index contributed by atoms with van der Waals surface area (Å²) in [5.74, 6) is 0.468. The minimum absolute atomic E-state index is 0.307. The van der Waals surface area contributed by atoms with Crippen LogP contribution in [0.3, 0.4) is 0 Å². The second kappa shape index (κ2) is 4.45. The summed E-state index contributed by atoms with van der Waals surface area (Å²) in [5.41, 5.74) is 1.53. The molecule has 2 aromatic rings. The van der Waals surface area contributed by atoms with Gasteiger partial charge in [-0.05, 0) is 41.5 Å². The fourth-order valence-electron chi connectivity index (χ4n) is 1.92. The minimum Gasteiger partial charge on any atom is -0.497 e. The molecule has 0 radical (unpaired) electrons. The molecule has 0 spiro atoms. The van der Waals surface area contributed by atoms with Crippen LogP contribution in [0.5, 0.6) is 5.75 Å². The molecule has 0 aliphatic carbocycles. The van der Waals surface area contributed by atoms with E-state index in [0.717, 1.165) is 22.1 Å². The van der Waals surface area contributed by atoms with Crippen molar-refractivity contribution in [3.05, 3.63) is 41.5 Å². The molecule has 0 aliphatic rings. The highest BCUT2D eigenvalue weighted by molar-refractivity contribution is 6.06. The van der Waals surface area contributed by atoms with Crippen LogP contribution in [0.4, 0.5) is 0 Å². The van der Waals surface area contributed by atoms with Crippen LogP contribution in [0.25, 0.3) is 10.8 Å². The molecule has 0 aromatic heterocycles.